The zero-order chi connectivity index (χ0) is 10.8. The Hall–Kier alpha value is -1.51. The largest absolute Gasteiger partial charge is 0.465 e. The summed E-state index contributed by atoms with van der Waals surface area (Å²) in [5.74, 6) is -0.263. The molecule has 3 heteroatoms. The smallest absolute Gasteiger partial charge is 0.337 e. The fourth-order valence-corrected chi connectivity index (χ4v) is 2.02. The van der Waals surface area contributed by atoms with Crippen LogP contribution in [0.1, 0.15) is 22.8 Å². The van der Waals surface area contributed by atoms with Crippen LogP contribution in [0.2, 0.25) is 0 Å². The maximum Gasteiger partial charge on any atom is 0.337 e. The lowest BCUT2D eigenvalue weighted by Gasteiger charge is -2.16. The summed E-state index contributed by atoms with van der Waals surface area (Å²) in [5.41, 5.74) is 3.14. The molecule has 80 valence electrons. The van der Waals surface area contributed by atoms with Gasteiger partial charge in [-0.3, -0.25) is 0 Å². The van der Waals surface area contributed by atoms with Crippen molar-refractivity contribution in [2.75, 3.05) is 25.1 Å². The summed E-state index contributed by atoms with van der Waals surface area (Å²) < 4.78 is 4.71. The van der Waals surface area contributed by atoms with E-state index >= 15 is 0 Å². The minimum absolute atomic E-state index is 0.263. The van der Waals surface area contributed by atoms with Crippen LogP contribution in [0, 0.1) is 0 Å². The lowest BCUT2D eigenvalue weighted by Crippen LogP contribution is -2.19. The van der Waals surface area contributed by atoms with Gasteiger partial charge in [-0.1, -0.05) is 6.07 Å². The van der Waals surface area contributed by atoms with E-state index in [0.29, 0.717) is 5.56 Å². The minimum atomic E-state index is -0.263. The number of carbonyl (C=O) groups excluding carboxylic acids is 1. The highest BCUT2D eigenvalue weighted by atomic mass is 16.5. The van der Waals surface area contributed by atoms with Crippen molar-refractivity contribution in [2.45, 2.75) is 13.3 Å². The molecule has 0 amide bonds. The molecule has 0 aliphatic carbocycles. The Labute approximate surface area is 89.7 Å². The SMILES string of the molecule is CCN1CCc2ccc(C(=O)OC)cc21. The fraction of sp³-hybridized carbons (Fsp3) is 0.417. The first-order valence-corrected chi connectivity index (χ1v) is 5.22. The van der Waals surface area contributed by atoms with Crippen molar-refractivity contribution >= 4 is 11.7 Å². The van der Waals surface area contributed by atoms with E-state index < -0.39 is 0 Å². The maximum absolute atomic E-state index is 11.4. The van der Waals surface area contributed by atoms with Gasteiger partial charge >= 0.3 is 5.97 Å². The minimum Gasteiger partial charge on any atom is -0.465 e. The van der Waals surface area contributed by atoms with Gasteiger partial charge in [-0.25, -0.2) is 4.79 Å². The van der Waals surface area contributed by atoms with Gasteiger partial charge in [0.25, 0.3) is 0 Å². The average Bonchev–Trinajstić information content (AvgIpc) is 2.69. The molecule has 0 bridgehead atoms. The molecule has 15 heavy (non-hydrogen) atoms. The molecule has 0 N–H and O–H groups in total. The van der Waals surface area contributed by atoms with E-state index in [1.165, 1.54) is 18.4 Å². The van der Waals surface area contributed by atoms with Gasteiger partial charge in [0.05, 0.1) is 12.7 Å². The first-order chi connectivity index (χ1) is 7.26. The summed E-state index contributed by atoms with van der Waals surface area (Å²) in [6.07, 6.45) is 1.07. The molecule has 0 saturated carbocycles. The molecule has 0 aromatic heterocycles. The summed E-state index contributed by atoms with van der Waals surface area (Å²) in [6, 6.07) is 5.79. The van der Waals surface area contributed by atoms with Crippen LogP contribution in [0.5, 0.6) is 0 Å². The number of hydrogen-bond acceptors (Lipinski definition) is 3. The third-order valence-electron chi connectivity index (χ3n) is 2.88. The molecule has 0 fully saturated rings. The van der Waals surface area contributed by atoms with Crippen LogP contribution < -0.4 is 4.90 Å². The van der Waals surface area contributed by atoms with Gasteiger partial charge < -0.3 is 9.64 Å². The molecule has 0 radical (unpaired) electrons. The van der Waals surface area contributed by atoms with E-state index in [1.54, 1.807) is 0 Å². The van der Waals surface area contributed by atoms with Gasteiger partial charge in [-0.15, -0.1) is 0 Å². The maximum atomic E-state index is 11.4. The number of rotatable bonds is 2. The lowest BCUT2D eigenvalue weighted by molar-refractivity contribution is 0.0601. The van der Waals surface area contributed by atoms with Gasteiger partial charge in [0.1, 0.15) is 0 Å². The molecule has 0 atom stereocenters. The van der Waals surface area contributed by atoms with E-state index in [0.717, 1.165) is 19.5 Å². The molecular formula is C12H15NO2. The average molecular weight is 205 g/mol. The molecule has 1 aromatic rings. The normalized spacial score (nSPS) is 13.9. The number of carbonyl (C=O) groups is 1. The van der Waals surface area contributed by atoms with Gasteiger partial charge in [0.15, 0.2) is 0 Å². The number of esters is 1. The second-order valence-electron chi connectivity index (χ2n) is 3.66. The molecule has 2 rings (SSSR count). The number of fused-ring (bicyclic) bond motifs is 1. The standard InChI is InChI=1S/C12H15NO2/c1-3-13-7-6-9-4-5-10(8-11(9)13)12(14)15-2/h4-5,8H,3,6-7H2,1-2H3. The second-order valence-corrected chi connectivity index (χ2v) is 3.66. The lowest BCUT2D eigenvalue weighted by atomic mass is 10.1. The highest BCUT2D eigenvalue weighted by molar-refractivity contribution is 5.91. The van der Waals surface area contributed by atoms with Crippen molar-refractivity contribution < 1.29 is 9.53 Å². The van der Waals surface area contributed by atoms with Crippen LogP contribution in [0.25, 0.3) is 0 Å². The number of ether oxygens (including phenoxy) is 1. The topological polar surface area (TPSA) is 29.5 Å². The van der Waals surface area contributed by atoms with Crippen molar-refractivity contribution in [3.8, 4) is 0 Å². The summed E-state index contributed by atoms with van der Waals surface area (Å²) >= 11 is 0. The molecule has 3 nitrogen and oxygen atoms in total. The van der Waals surface area contributed by atoms with E-state index in [-0.39, 0.29) is 5.97 Å². The monoisotopic (exact) mass is 205 g/mol. The summed E-state index contributed by atoms with van der Waals surface area (Å²) in [5, 5.41) is 0. The van der Waals surface area contributed by atoms with Crippen LogP contribution >= 0.6 is 0 Å². The van der Waals surface area contributed by atoms with Crippen LogP contribution in [-0.4, -0.2) is 26.2 Å². The van der Waals surface area contributed by atoms with Crippen LogP contribution in [0.3, 0.4) is 0 Å². The highest BCUT2D eigenvalue weighted by Gasteiger charge is 2.19. The predicted octanol–water partition coefficient (Wildman–Crippen LogP) is 1.86. The number of anilines is 1. The summed E-state index contributed by atoms with van der Waals surface area (Å²) in [7, 11) is 1.41. The van der Waals surface area contributed by atoms with Gasteiger partial charge in [0.2, 0.25) is 0 Å². The van der Waals surface area contributed by atoms with Crippen LogP contribution in [-0.2, 0) is 11.2 Å². The zero-order valence-corrected chi connectivity index (χ0v) is 9.12. The molecule has 1 aliphatic heterocycles. The number of methoxy groups -OCH3 is 1. The Morgan fingerprint density at radius 1 is 1.53 bits per heavy atom. The number of hydrogen-bond donors (Lipinski definition) is 0. The molecule has 1 aliphatic rings. The Morgan fingerprint density at radius 2 is 2.33 bits per heavy atom. The van der Waals surface area contributed by atoms with Gasteiger partial charge in [-0.2, -0.15) is 0 Å². The number of likely N-dealkylation sites (N-methyl/N-ethyl adjacent to an activating group) is 1. The highest BCUT2D eigenvalue weighted by Crippen LogP contribution is 2.28. The van der Waals surface area contributed by atoms with Crippen LogP contribution in [0.15, 0.2) is 18.2 Å². The Balaban J connectivity index is 2.36. The van der Waals surface area contributed by atoms with E-state index in [1.807, 2.05) is 18.2 Å². The van der Waals surface area contributed by atoms with Gasteiger partial charge in [0, 0.05) is 18.8 Å². The Kier molecular flexibility index (Phi) is 2.62. The molecule has 0 spiro atoms. The third kappa shape index (κ3) is 1.69. The quantitative estimate of drug-likeness (QED) is 0.690. The van der Waals surface area contributed by atoms with E-state index in [4.69, 9.17) is 4.74 Å². The van der Waals surface area contributed by atoms with E-state index in [9.17, 15) is 4.79 Å². The first-order valence-electron chi connectivity index (χ1n) is 5.22. The van der Waals surface area contributed by atoms with Crippen molar-refractivity contribution in [1.29, 1.82) is 0 Å². The Bertz CT molecular complexity index is 387. The molecule has 0 saturated heterocycles. The molecule has 1 aromatic carbocycles. The Morgan fingerprint density at radius 3 is 3.00 bits per heavy atom. The number of nitrogens with zero attached hydrogens (tertiary/aromatic N) is 1. The van der Waals surface area contributed by atoms with Crippen molar-refractivity contribution in [2.24, 2.45) is 0 Å². The van der Waals surface area contributed by atoms with Crippen molar-refractivity contribution in [1.82, 2.24) is 0 Å². The molecule has 0 unspecified atom stereocenters. The fourth-order valence-electron chi connectivity index (χ4n) is 2.02. The third-order valence-corrected chi connectivity index (χ3v) is 2.88. The summed E-state index contributed by atoms with van der Waals surface area (Å²) in [6.45, 7) is 4.16. The predicted molar refractivity (Wildman–Crippen MR) is 59.4 cm³/mol. The second kappa shape index (κ2) is 3.93. The van der Waals surface area contributed by atoms with Crippen molar-refractivity contribution in [3.05, 3.63) is 29.3 Å². The van der Waals surface area contributed by atoms with Crippen molar-refractivity contribution in [3.63, 3.8) is 0 Å². The number of benzene rings is 1. The van der Waals surface area contributed by atoms with E-state index in [2.05, 4.69) is 11.8 Å². The molecule has 1 heterocycles. The van der Waals surface area contributed by atoms with Crippen LogP contribution in [0.4, 0.5) is 5.69 Å². The summed E-state index contributed by atoms with van der Waals surface area (Å²) in [4.78, 5) is 13.6. The first kappa shape index (κ1) is 10.0. The van der Waals surface area contributed by atoms with Gasteiger partial charge in [-0.05, 0) is 31.0 Å². The zero-order valence-electron chi connectivity index (χ0n) is 9.12. The molecular weight excluding hydrogens is 190 g/mol.